The third-order valence-corrected chi connectivity index (χ3v) is 5.55. The van der Waals surface area contributed by atoms with Gasteiger partial charge in [-0.2, -0.15) is 0 Å². The zero-order chi connectivity index (χ0) is 14.6. The fourth-order valence-corrected chi connectivity index (χ4v) is 4.35. The predicted octanol–water partition coefficient (Wildman–Crippen LogP) is 1.46. The van der Waals surface area contributed by atoms with E-state index in [1.165, 1.54) is 17.4 Å². The van der Waals surface area contributed by atoms with Crippen LogP contribution in [-0.4, -0.2) is 25.1 Å². The molecule has 0 saturated carbocycles. The fourth-order valence-electron chi connectivity index (χ4n) is 1.82. The van der Waals surface area contributed by atoms with Crippen molar-refractivity contribution in [2.75, 3.05) is 6.54 Å². The maximum atomic E-state index is 12.2. The Kier molecular flexibility index (Phi) is 4.87. The molecule has 0 aromatic carbocycles. The molecule has 0 atom stereocenters. The van der Waals surface area contributed by atoms with Gasteiger partial charge in [-0.3, -0.25) is 4.98 Å². The Balaban J connectivity index is 2.02. The average Bonchev–Trinajstić information content (AvgIpc) is 2.82. The molecular formula is C13H16N2O3S2. The number of hydrogen-bond acceptors (Lipinski definition) is 5. The van der Waals surface area contributed by atoms with Crippen molar-refractivity contribution in [1.82, 2.24) is 9.71 Å². The van der Waals surface area contributed by atoms with E-state index < -0.39 is 10.0 Å². The highest BCUT2D eigenvalue weighted by atomic mass is 32.2. The largest absolute Gasteiger partial charge is 0.391 e. The number of nitrogens with one attached hydrogen (secondary N) is 1. The van der Waals surface area contributed by atoms with E-state index in [0.717, 1.165) is 5.56 Å². The molecule has 5 nitrogen and oxygen atoms in total. The second-order valence-electron chi connectivity index (χ2n) is 4.30. The highest BCUT2D eigenvalue weighted by molar-refractivity contribution is 7.89. The van der Waals surface area contributed by atoms with Gasteiger partial charge in [-0.05, 0) is 31.0 Å². The summed E-state index contributed by atoms with van der Waals surface area (Å²) in [7, 11) is -3.52. The maximum Gasteiger partial charge on any atom is 0.241 e. The van der Waals surface area contributed by atoms with Crippen molar-refractivity contribution in [2.24, 2.45) is 0 Å². The van der Waals surface area contributed by atoms with Gasteiger partial charge in [-0.25, -0.2) is 13.1 Å². The zero-order valence-electron chi connectivity index (χ0n) is 11.0. The maximum absolute atomic E-state index is 12.2. The Morgan fingerprint density at radius 2 is 2.25 bits per heavy atom. The summed E-state index contributed by atoms with van der Waals surface area (Å²) in [5, 5.41) is 9.05. The van der Waals surface area contributed by atoms with Crippen molar-refractivity contribution in [1.29, 1.82) is 0 Å². The monoisotopic (exact) mass is 312 g/mol. The van der Waals surface area contributed by atoms with E-state index in [2.05, 4.69) is 9.71 Å². The van der Waals surface area contributed by atoms with Gasteiger partial charge in [0, 0.05) is 28.7 Å². The molecule has 2 rings (SSSR count). The number of aliphatic hydroxyl groups excluding tert-OH is 1. The summed E-state index contributed by atoms with van der Waals surface area (Å²) < 4.78 is 26.9. The van der Waals surface area contributed by atoms with Gasteiger partial charge in [0.2, 0.25) is 10.0 Å². The first kappa shape index (κ1) is 15.1. The molecule has 2 aromatic heterocycles. The molecule has 0 saturated heterocycles. The molecule has 7 heteroatoms. The lowest BCUT2D eigenvalue weighted by Gasteiger charge is -2.06. The van der Waals surface area contributed by atoms with Crippen LogP contribution in [0.25, 0.3) is 0 Å². The van der Waals surface area contributed by atoms with Crippen LogP contribution in [0.15, 0.2) is 35.5 Å². The molecule has 108 valence electrons. The van der Waals surface area contributed by atoms with Crippen LogP contribution >= 0.6 is 11.3 Å². The lowest BCUT2D eigenvalue weighted by molar-refractivity contribution is 0.285. The summed E-state index contributed by atoms with van der Waals surface area (Å²) in [6, 6.07) is 5.24. The van der Waals surface area contributed by atoms with Gasteiger partial charge >= 0.3 is 0 Å². The van der Waals surface area contributed by atoms with Crippen LogP contribution in [0.5, 0.6) is 0 Å². The van der Waals surface area contributed by atoms with E-state index in [0.29, 0.717) is 22.7 Å². The van der Waals surface area contributed by atoms with Gasteiger partial charge in [0.15, 0.2) is 0 Å². The van der Waals surface area contributed by atoms with Crippen molar-refractivity contribution in [3.63, 3.8) is 0 Å². The highest BCUT2D eigenvalue weighted by Crippen LogP contribution is 2.25. The van der Waals surface area contributed by atoms with Crippen molar-refractivity contribution >= 4 is 21.4 Å². The normalized spacial score (nSPS) is 11.7. The SMILES string of the molecule is Cc1sc(CO)cc1S(=O)(=O)NCCc1cccnc1. The quantitative estimate of drug-likeness (QED) is 0.846. The van der Waals surface area contributed by atoms with Crippen molar-refractivity contribution in [3.05, 3.63) is 45.9 Å². The van der Waals surface area contributed by atoms with Gasteiger partial charge in [0.05, 0.1) is 11.5 Å². The zero-order valence-corrected chi connectivity index (χ0v) is 12.7. The number of thiophene rings is 1. The van der Waals surface area contributed by atoms with Crippen LogP contribution in [0.2, 0.25) is 0 Å². The number of sulfonamides is 1. The minimum atomic E-state index is -3.52. The molecule has 2 aromatic rings. The van der Waals surface area contributed by atoms with Crippen LogP contribution in [-0.2, 0) is 23.1 Å². The van der Waals surface area contributed by atoms with Crippen molar-refractivity contribution in [3.8, 4) is 0 Å². The topological polar surface area (TPSA) is 79.3 Å². The Bertz CT molecular complexity index is 666. The van der Waals surface area contributed by atoms with Crippen LogP contribution in [0.3, 0.4) is 0 Å². The molecule has 0 aliphatic rings. The van der Waals surface area contributed by atoms with Gasteiger partial charge in [-0.1, -0.05) is 6.07 Å². The van der Waals surface area contributed by atoms with Crippen LogP contribution < -0.4 is 4.72 Å². The summed E-state index contributed by atoms with van der Waals surface area (Å²) in [6.45, 7) is 1.91. The average molecular weight is 312 g/mol. The van der Waals surface area contributed by atoms with Gasteiger partial charge in [-0.15, -0.1) is 11.3 Å². The van der Waals surface area contributed by atoms with Gasteiger partial charge in [0.1, 0.15) is 0 Å². The van der Waals surface area contributed by atoms with Crippen LogP contribution in [0.1, 0.15) is 15.3 Å². The van der Waals surface area contributed by atoms with Crippen molar-refractivity contribution < 1.29 is 13.5 Å². The molecule has 0 radical (unpaired) electrons. The number of aliphatic hydroxyl groups is 1. The van der Waals surface area contributed by atoms with Crippen molar-refractivity contribution in [2.45, 2.75) is 24.8 Å². The molecule has 0 aliphatic heterocycles. The lowest BCUT2D eigenvalue weighted by Crippen LogP contribution is -2.26. The molecule has 0 fully saturated rings. The lowest BCUT2D eigenvalue weighted by atomic mass is 10.2. The summed E-state index contributed by atoms with van der Waals surface area (Å²) in [6.07, 6.45) is 3.98. The third kappa shape index (κ3) is 3.63. The van der Waals surface area contributed by atoms with Gasteiger partial charge < -0.3 is 5.11 Å². The standard InChI is InChI=1S/C13H16N2O3S2/c1-10-13(7-12(9-16)19-10)20(17,18)15-6-4-11-3-2-5-14-8-11/h2-3,5,7-8,15-16H,4,6,9H2,1H3. The van der Waals surface area contributed by atoms with E-state index in [4.69, 9.17) is 5.11 Å². The second-order valence-corrected chi connectivity index (χ2v) is 7.38. The Morgan fingerprint density at radius 3 is 2.85 bits per heavy atom. The predicted molar refractivity (Wildman–Crippen MR) is 78.1 cm³/mol. The fraction of sp³-hybridized carbons (Fsp3) is 0.308. The molecule has 0 spiro atoms. The summed E-state index contributed by atoms with van der Waals surface area (Å²) >= 11 is 1.29. The Labute approximate surface area is 122 Å². The van der Waals surface area contributed by atoms with Crippen LogP contribution in [0.4, 0.5) is 0 Å². The van der Waals surface area contributed by atoms with E-state index in [1.54, 1.807) is 19.3 Å². The molecular weight excluding hydrogens is 296 g/mol. The summed E-state index contributed by atoms with van der Waals surface area (Å²) in [5.74, 6) is 0. The first-order valence-corrected chi connectivity index (χ1v) is 8.41. The molecule has 2 N–H and O–H groups in total. The first-order valence-electron chi connectivity index (χ1n) is 6.11. The number of nitrogens with zero attached hydrogens (tertiary/aromatic N) is 1. The molecule has 0 unspecified atom stereocenters. The number of pyridine rings is 1. The third-order valence-electron chi connectivity index (χ3n) is 2.80. The molecule has 0 aliphatic carbocycles. The Morgan fingerprint density at radius 1 is 1.45 bits per heavy atom. The number of aromatic nitrogens is 1. The van der Waals surface area contributed by atoms with E-state index >= 15 is 0 Å². The molecule has 0 amide bonds. The van der Waals surface area contributed by atoms with E-state index in [9.17, 15) is 8.42 Å². The van der Waals surface area contributed by atoms with Crippen LogP contribution in [0, 0.1) is 6.92 Å². The minimum absolute atomic E-state index is 0.142. The highest BCUT2D eigenvalue weighted by Gasteiger charge is 2.19. The minimum Gasteiger partial charge on any atom is -0.391 e. The summed E-state index contributed by atoms with van der Waals surface area (Å²) in [4.78, 5) is 5.56. The second kappa shape index (κ2) is 6.45. The summed E-state index contributed by atoms with van der Waals surface area (Å²) in [5.41, 5.74) is 0.980. The molecule has 2 heterocycles. The van der Waals surface area contributed by atoms with E-state index in [-0.39, 0.29) is 11.5 Å². The Hall–Kier alpha value is -1.28. The number of aryl methyl sites for hydroxylation is 1. The molecule has 0 bridgehead atoms. The first-order chi connectivity index (χ1) is 9.53. The number of hydrogen-bond donors (Lipinski definition) is 2. The van der Waals surface area contributed by atoms with Gasteiger partial charge in [0.25, 0.3) is 0 Å². The molecule has 20 heavy (non-hydrogen) atoms. The van der Waals surface area contributed by atoms with E-state index in [1.807, 2.05) is 12.1 Å². The smallest absolute Gasteiger partial charge is 0.241 e. The number of rotatable bonds is 6.